The highest BCUT2D eigenvalue weighted by atomic mass is 35.5. The lowest BCUT2D eigenvalue weighted by Gasteiger charge is -2.25. The lowest BCUT2D eigenvalue weighted by Crippen LogP contribution is -2.35. The average Bonchev–Trinajstić information content (AvgIpc) is 2.32. The number of hydrogen-bond donors (Lipinski definition) is 1. The van der Waals surface area contributed by atoms with E-state index in [1.54, 1.807) is 12.1 Å². The molecule has 2 aromatic carbocycles. The third kappa shape index (κ3) is 3.09. The average molecular weight is 264 g/mol. The van der Waals surface area contributed by atoms with Gasteiger partial charge in [0, 0.05) is 10.6 Å². The summed E-state index contributed by atoms with van der Waals surface area (Å²) in [5.41, 5.74) is 7.80. The first kappa shape index (κ1) is 13.1. The van der Waals surface area contributed by atoms with Crippen molar-refractivity contribution in [3.05, 3.63) is 70.5 Å². The van der Waals surface area contributed by atoms with Crippen LogP contribution in [0.4, 0.5) is 4.39 Å². The zero-order chi connectivity index (χ0) is 13.2. The molecule has 2 aromatic rings. The fourth-order valence-electron chi connectivity index (χ4n) is 1.96. The SMILES string of the molecule is CC(N)(Cc1ccc(Cl)cc1)c1ccc(F)cc1. The summed E-state index contributed by atoms with van der Waals surface area (Å²) in [4.78, 5) is 0. The Morgan fingerprint density at radius 3 is 2.17 bits per heavy atom. The van der Waals surface area contributed by atoms with Crippen LogP contribution >= 0.6 is 11.6 Å². The first-order valence-electron chi connectivity index (χ1n) is 5.77. The molecule has 0 spiro atoms. The van der Waals surface area contributed by atoms with E-state index in [0.29, 0.717) is 11.4 Å². The summed E-state index contributed by atoms with van der Waals surface area (Å²) in [5, 5.41) is 0.708. The predicted octanol–water partition coefficient (Wildman–Crippen LogP) is 3.90. The smallest absolute Gasteiger partial charge is 0.123 e. The molecule has 1 nitrogen and oxygen atoms in total. The maximum atomic E-state index is 12.9. The van der Waals surface area contributed by atoms with E-state index in [0.717, 1.165) is 11.1 Å². The summed E-state index contributed by atoms with van der Waals surface area (Å²) in [6.07, 6.45) is 0.676. The van der Waals surface area contributed by atoms with Gasteiger partial charge in [0.2, 0.25) is 0 Å². The van der Waals surface area contributed by atoms with Gasteiger partial charge in [0.15, 0.2) is 0 Å². The number of rotatable bonds is 3. The lowest BCUT2D eigenvalue weighted by atomic mass is 9.87. The summed E-state index contributed by atoms with van der Waals surface area (Å²) in [7, 11) is 0. The lowest BCUT2D eigenvalue weighted by molar-refractivity contribution is 0.490. The van der Waals surface area contributed by atoms with Crippen LogP contribution in [0, 0.1) is 5.82 Å². The topological polar surface area (TPSA) is 26.0 Å². The quantitative estimate of drug-likeness (QED) is 0.893. The maximum Gasteiger partial charge on any atom is 0.123 e. The summed E-state index contributed by atoms with van der Waals surface area (Å²) in [6, 6.07) is 13.9. The minimum absolute atomic E-state index is 0.249. The Kier molecular flexibility index (Phi) is 3.69. The second-order valence-corrected chi connectivity index (χ2v) is 5.16. The van der Waals surface area contributed by atoms with E-state index in [2.05, 4.69) is 0 Å². The van der Waals surface area contributed by atoms with Gasteiger partial charge in [-0.1, -0.05) is 35.9 Å². The first-order chi connectivity index (χ1) is 8.47. The van der Waals surface area contributed by atoms with Gasteiger partial charge in [-0.2, -0.15) is 0 Å². The van der Waals surface area contributed by atoms with E-state index in [1.807, 2.05) is 31.2 Å². The van der Waals surface area contributed by atoms with Crippen molar-refractivity contribution >= 4 is 11.6 Å². The Hall–Kier alpha value is -1.38. The van der Waals surface area contributed by atoms with Crippen LogP contribution in [0.25, 0.3) is 0 Å². The Bertz CT molecular complexity index is 517. The molecule has 0 heterocycles. The van der Waals surface area contributed by atoms with Crippen LogP contribution in [0.5, 0.6) is 0 Å². The number of nitrogens with two attached hydrogens (primary N) is 1. The molecule has 1 atom stereocenters. The zero-order valence-corrected chi connectivity index (χ0v) is 10.9. The van der Waals surface area contributed by atoms with Gasteiger partial charge in [0.1, 0.15) is 5.82 Å². The van der Waals surface area contributed by atoms with Crippen molar-refractivity contribution in [3.8, 4) is 0 Å². The third-order valence-corrected chi connectivity index (χ3v) is 3.24. The van der Waals surface area contributed by atoms with Gasteiger partial charge in [0.05, 0.1) is 0 Å². The molecule has 18 heavy (non-hydrogen) atoms. The van der Waals surface area contributed by atoms with Crippen molar-refractivity contribution in [2.75, 3.05) is 0 Å². The molecule has 0 aliphatic rings. The number of hydrogen-bond acceptors (Lipinski definition) is 1. The Labute approximate surface area is 111 Å². The molecule has 0 fully saturated rings. The van der Waals surface area contributed by atoms with Crippen molar-refractivity contribution in [1.29, 1.82) is 0 Å². The summed E-state index contributed by atoms with van der Waals surface area (Å²) in [5.74, 6) is -0.249. The maximum absolute atomic E-state index is 12.9. The van der Waals surface area contributed by atoms with Gasteiger partial charge in [-0.15, -0.1) is 0 Å². The molecule has 2 N–H and O–H groups in total. The van der Waals surface area contributed by atoms with Crippen molar-refractivity contribution in [1.82, 2.24) is 0 Å². The molecule has 0 aromatic heterocycles. The highest BCUT2D eigenvalue weighted by molar-refractivity contribution is 6.30. The molecule has 94 valence electrons. The Morgan fingerprint density at radius 2 is 1.61 bits per heavy atom. The molecule has 0 aliphatic carbocycles. The van der Waals surface area contributed by atoms with Crippen LogP contribution in [0.1, 0.15) is 18.1 Å². The van der Waals surface area contributed by atoms with Crippen LogP contribution in [-0.2, 0) is 12.0 Å². The second-order valence-electron chi connectivity index (χ2n) is 4.73. The van der Waals surface area contributed by atoms with Crippen LogP contribution in [0.2, 0.25) is 5.02 Å². The molecule has 0 amide bonds. The Morgan fingerprint density at radius 1 is 1.06 bits per heavy atom. The molecule has 3 heteroatoms. The highest BCUT2D eigenvalue weighted by Gasteiger charge is 2.21. The van der Waals surface area contributed by atoms with Gasteiger partial charge in [-0.3, -0.25) is 0 Å². The highest BCUT2D eigenvalue weighted by Crippen LogP contribution is 2.23. The van der Waals surface area contributed by atoms with Crippen LogP contribution in [0.3, 0.4) is 0 Å². The molecular weight excluding hydrogens is 249 g/mol. The molecular formula is C15H15ClFN. The van der Waals surface area contributed by atoms with E-state index in [9.17, 15) is 4.39 Å². The second kappa shape index (κ2) is 5.09. The van der Waals surface area contributed by atoms with Gasteiger partial charge in [0.25, 0.3) is 0 Å². The zero-order valence-electron chi connectivity index (χ0n) is 10.2. The molecule has 0 saturated carbocycles. The summed E-state index contributed by atoms with van der Waals surface area (Å²) >= 11 is 5.84. The third-order valence-electron chi connectivity index (χ3n) is 2.99. The normalized spacial score (nSPS) is 14.2. The van der Waals surface area contributed by atoms with Crippen molar-refractivity contribution in [3.63, 3.8) is 0 Å². The van der Waals surface area contributed by atoms with Crippen LogP contribution in [-0.4, -0.2) is 0 Å². The predicted molar refractivity (Wildman–Crippen MR) is 73.1 cm³/mol. The van der Waals surface area contributed by atoms with E-state index in [4.69, 9.17) is 17.3 Å². The largest absolute Gasteiger partial charge is 0.321 e. The van der Waals surface area contributed by atoms with Gasteiger partial charge in [-0.05, 0) is 48.7 Å². The van der Waals surface area contributed by atoms with E-state index < -0.39 is 5.54 Å². The molecule has 0 bridgehead atoms. The van der Waals surface area contributed by atoms with Crippen molar-refractivity contribution in [2.24, 2.45) is 5.73 Å². The van der Waals surface area contributed by atoms with Gasteiger partial charge >= 0.3 is 0 Å². The van der Waals surface area contributed by atoms with Gasteiger partial charge in [-0.25, -0.2) is 4.39 Å². The molecule has 0 radical (unpaired) electrons. The van der Waals surface area contributed by atoms with E-state index >= 15 is 0 Å². The van der Waals surface area contributed by atoms with Crippen LogP contribution in [0.15, 0.2) is 48.5 Å². The summed E-state index contributed by atoms with van der Waals surface area (Å²) < 4.78 is 12.9. The van der Waals surface area contributed by atoms with E-state index in [-0.39, 0.29) is 5.82 Å². The fraction of sp³-hybridized carbons (Fsp3) is 0.200. The first-order valence-corrected chi connectivity index (χ1v) is 6.14. The van der Waals surface area contributed by atoms with Crippen molar-refractivity contribution in [2.45, 2.75) is 18.9 Å². The molecule has 2 rings (SSSR count). The van der Waals surface area contributed by atoms with Gasteiger partial charge < -0.3 is 5.73 Å². The minimum atomic E-state index is -0.526. The Balaban J connectivity index is 2.20. The van der Waals surface area contributed by atoms with E-state index in [1.165, 1.54) is 12.1 Å². The standard InChI is InChI=1S/C15H15ClFN/c1-15(18,12-4-8-14(17)9-5-12)10-11-2-6-13(16)7-3-11/h2-9H,10,18H2,1H3. The molecule has 0 saturated heterocycles. The molecule has 1 unspecified atom stereocenters. The number of halogens is 2. The fourth-order valence-corrected chi connectivity index (χ4v) is 2.08. The minimum Gasteiger partial charge on any atom is -0.321 e. The van der Waals surface area contributed by atoms with Crippen LogP contribution < -0.4 is 5.73 Å². The monoisotopic (exact) mass is 263 g/mol. The molecule has 0 aliphatic heterocycles. The number of benzene rings is 2. The van der Waals surface area contributed by atoms with Crippen molar-refractivity contribution < 1.29 is 4.39 Å². The summed E-state index contributed by atoms with van der Waals surface area (Å²) in [6.45, 7) is 1.94.